The van der Waals surface area contributed by atoms with Crippen molar-refractivity contribution < 1.29 is 0 Å². The van der Waals surface area contributed by atoms with Crippen LogP contribution in [-0.2, 0) is 13.1 Å². The first kappa shape index (κ1) is 11.2. The Morgan fingerprint density at radius 1 is 1.19 bits per heavy atom. The van der Waals surface area contributed by atoms with Crippen LogP contribution in [0.4, 0.5) is 5.69 Å². The normalized spacial score (nSPS) is 10.9. The molecule has 84 valence electrons. The third kappa shape index (κ3) is 2.84. The number of hydrogen-bond donors (Lipinski definition) is 1. The molecule has 0 fully saturated rings. The van der Waals surface area contributed by atoms with E-state index in [-0.39, 0.29) is 0 Å². The maximum absolute atomic E-state index is 5.92. The zero-order valence-corrected chi connectivity index (χ0v) is 10.2. The second-order valence-electron chi connectivity index (χ2n) is 4.00. The van der Waals surface area contributed by atoms with Gasteiger partial charge in [0.25, 0.3) is 0 Å². The van der Waals surface area contributed by atoms with Crippen LogP contribution in [-0.4, -0.2) is 11.9 Å². The summed E-state index contributed by atoms with van der Waals surface area (Å²) < 4.78 is 0. The predicted molar refractivity (Wildman–Crippen MR) is 70.3 cm³/mol. The van der Waals surface area contributed by atoms with Gasteiger partial charge >= 0.3 is 0 Å². The van der Waals surface area contributed by atoms with Crippen molar-refractivity contribution in [1.82, 2.24) is 4.90 Å². The first-order valence-corrected chi connectivity index (χ1v) is 6.23. The summed E-state index contributed by atoms with van der Waals surface area (Å²) in [7, 11) is 2.12. The smallest absolute Gasteiger partial charge is 0.0359 e. The maximum atomic E-state index is 5.92. The number of thiophene rings is 1. The summed E-state index contributed by atoms with van der Waals surface area (Å²) in [5.74, 6) is 0. The van der Waals surface area contributed by atoms with Crippen LogP contribution in [0.25, 0.3) is 0 Å². The summed E-state index contributed by atoms with van der Waals surface area (Å²) in [6.45, 7) is 1.86. The second-order valence-corrected chi connectivity index (χ2v) is 4.78. The fraction of sp³-hybridized carbons (Fsp3) is 0.231. The Kier molecular flexibility index (Phi) is 3.59. The van der Waals surface area contributed by atoms with Crippen molar-refractivity contribution in [2.75, 3.05) is 12.8 Å². The molecule has 0 saturated carbocycles. The van der Waals surface area contributed by atoms with E-state index in [1.807, 2.05) is 18.2 Å². The lowest BCUT2D eigenvalue weighted by Gasteiger charge is -2.17. The van der Waals surface area contributed by atoms with Crippen molar-refractivity contribution in [3.8, 4) is 0 Å². The van der Waals surface area contributed by atoms with E-state index in [9.17, 15) is 0 Å². The van der Waals surface area contributed by atoms with Crippen molar-refractivity contribution in [2.45, 2.75) is 13.1 Å². The first-order valence-electron chi connectivity index (χ1n) is 5.28. The Bertz CT molecular complexity index is 437. The van der Waals surface area contributed by atoms with Gasteiger partial charge in [-0.3, -0.25) is 4.90 Å². The van der Waals surface area contributed by atoms with E-state index in [1.54, 1.807) is 11.3 Å². The molecular formula is C13H16N2S. The Hall–Kier alpha value is -1.32. The minimum Gasteiger partial charge on any atom is -0.398 e. The van der Waals surface area contributed by atoms with Crippen LogP contribution in [0, 0.1) is 0 Å². The first-order chi connectivity index (χ1) is 7.75. The Morgan fingerprint density at radius 3 is 2.69 bits per heavy atom. The zero-order valence-electron chi connectivity index (χ0n) is 9.39. The number of para-hydroxylation sites is 1. The molecule has 0 aliphatic rings. The quantitative estimate of drug-likeness (QED) is 0.821. The van der Waals surface area contributed by atoms with Gasteiger partial charge in [-0.1, -0.05) is 18.2 Å². The molecule has 0 amide bonds. The van der Waals surface area contributed by atoms with Gasteiger partial charge in [-0.2, -0.15) is 11.3 Å². The fourth-order valence-corrected chi connectivity index (χ4v) is 2.38. The highest BCUT2D eigenvalue weighted by atomic mass is 32.1. The highest BCUT2D eigenvalue weighted by molar-refractivity contribution is 7.07. The molecule has 2 nitrogen and oxygen atoms in total. The van der Waals surface area contributed by atoms with Crippen LogP contribution in [0.1, 0.15) is 11.1 Å². The number of nitrogen functional groups attached to an aromatic ring is 1. The summed E-state index contributed by atoms with van der Waals surface area (Å²) in [6.07, 6.45) is 0. The average molecular weight is 232 g/mol. The number of rotatable bonds is 4. The molecule has 0 aliphatic carbocycles. The van der Waals surface area contributed by atoms with Gasteiger partial charge < -0.3 is 5.73 Å². The topological polar surface area (TPSA) is 29.3 Å². The highest BCUT2D eigenvalue weighted by Gasteiger charge is 2.04. The second kappa shape index (κ2) is 5.14. The van der Waals surface area contributed by atoms with Crippen molar-refractivity contribution >= 4 is 17.0 Å². The zero-order chi connectivity index (χ0) is 11.4. The molecule has 1 aromatic heterocycles. The minimum atomic E-state index is 0.875. The molecule has 16 heavy (non-hydrogen) atoms. The van der Waals surface area contributed by atoms with E-state index in [0.717, 1.165) is 18.8 Å². The van der Waals surface area contributed by atoms with Gasteiger partial charge in [0.05, 0.1) is 0 Å². The highest BCUT2D eigenvalue weighted by Crippen LogP contribution is 2.15. The van der Waals surface area contributed by atoms with Gasteiger partial charge in [0.2, 0.25) is 0 Å². The van der Waals surface area contributed by atoms with Gasteiger partial charge in [-0.25, -0.2) is 0 Å². The summed E-state index contributed by atoms with van der Waals surface area (Å²) in [6, 6.07) is 10.2. The molecule has 0 unspecified atom stereocenters. The molecule has 2 rings (SSSR count). The molecule has 0 saturated heterocycles. The molecule has 0 spiro atoms. The molecule has 2 N–H and O–H groups in total. The van der Waals surface area contributed by atoms with Crippen molar-refractivity contribution in [3.63, 3.8) is 0 Å². The van der Waals surface area contributed by atoms with Crippen LogP contribution in [0.2, 0.25) is 0 Å². The molecule has 2 aromatic rings. The van der Waals surface area contributed by atoms with Gasteiger partial charge in [0.15, 0.2) is 0 Å². The number of nitrogens with two attached hydrogens (primary N) is 1. The molecule has 3 heteroatoms. The van der Waals surface area contributed by atoms with E-state index in [1.165, 1.54) is 11.1 Å². The summed E-state index contributed by atoms with van der Waals surface area (Å²) in [4.78, 5) is 2.27. The van der Waals surface area contributed by atoms with Gasteiger partial charge in [-0.15, -0.1) is 0 Å². The number of hydrogen-bond acceptors (Lipinski definition) is 3. The van der Waals surface area contributed by atoms with E-state index < -0.39 is 0 Å². The SMILES string of the molecule is CN(Cc1ccsc1)Cc1ccccc1N. The van der Waals surface area contributed by atoms with Crippen molar-refractivity contribution in [2.24, 2.45) is 0 Å². The lowest BCUT2D eigenvalue weighted by molar-refractivity contribution is 0.320. The third-order valence-electron chi connectivity index (χ3n) is 2.53. The molecule has 0 aliphatic heterocycles. The number of benzene rings is 1. The van der Waals surface area contributed by atoms with Crippen molar-refractivity contribution in [3.05, 3.63) is 52.2 Å². The molecule has 0 radical (unpaired) electrons. The monoisotopic (exact) mass is 232 g/mol. The molecule has 1 aromatic carbocycles. The Labute approximate surface area is 100 Å². The maximum Gasteiger partial charge on any atom is 0.0359 e. The molecule has 1 heterocycles. The Morgan fingerprint density at radius 2 is 2.00 bits per heavy atom. The van der Waals surface area contributed by atoms with E-state index >= 15 is 0 Å². The predicted octanol–water partition coefficient (Wildman–Crippen LogP) is 2.96. The lowest BCUT2D eigenvalue weighted by Crippen LogP contribution is -2.17. The molecule has 0 atom stereocenters. The van der Waals surface area contributed by atoms with Crippen LogP contribution < -0.4 is 5.73 Å². The van der Waals surface area contributed by atoms with E-state index in [4.69, 9.17) is 5.73 Å². The van der Waals surface area contributed by atoms with Crippen LogP contribution >= 0.6 is 11.3 Å². The van der Waals surface area contributed by atoms with E-state index in [2.05, 4.69) is 34.8 Å². The number of nitrogens with zero attached hydrogens (tertiary/aromatic N) is 1. The standard InChI is InChI=1S/C13H16N2S/c1-15(8-11-6-7-16-10-11)9-12-4-2-3-5-13(12)14/h2-7,10H,8-9,14H2,1H3. The van der Waals surface area contributed by atoms with Crippen LogP contribution in [0.15, 0.2) is 41.1 Å². The van der Waals surface area contributed by atoms with Gasteiger partial charge in [-0.05, 0) is 41.1 Å². The summed E-state index contributed by atoms with van der Waals surface area (Å²) in [5.41, 5.74) is 9.35. The van der Waals surface area contributed by atoms with Crippen molar-refractivity contribution in [1.29, 1.82) is 0 Å². The third-order valence-corrected chi connectivity index (χ3v) is 3.26. The molecule has 0 bridgehead atoms. The largest absolute Gasteiger partial charge is 0.398 e. The molecular weight excluding hydrogens is 216 g/mol. The Balaban J connectivity index is 1.97. The summed E-state index contributed by atoms with van der Waals surface area (Å²) >= 11 is 1.74. The van der Waals surface area contributed by atoms with Crippen LogP contribution in [0.5, 0.6) is 0 Å². The van der Waals surface area contributed by atoms with Gasteiger partial charge in [0, 0.05) is 18.8 Å². The van der Waals surface area contributed by atoms with Gasteiger partial charge in [0.1, 0.15) is 0 Å². The number of anilines is 1. The van der Waals surface area contributed by atoms with E-state index in [0.29, 0.717) is 0 Å². The minimum absolute atomic E-state index is 0.875. The average Bonchev–Trinajstić information content (AvgIpc) is 2.74. The van der Waals surface area contributed by atoms with Crippen LogP contribution in [0.3, 0.4) is 0 Å². The fourth-order valence-electron chi connectivity index (χ4n) is 1.72. The lowest BCUT2D eigenvalue weighted by atomic mass is 10.1. The summed E-state index contributed by atoms with van der Waals surface area (Å²) in [5, 5.41) is 4.30.